The third-order valence-electron chi connectivity index (χ3n) is 8.17. The first kappa shape index (κ1) is 15.9. The van der Waals surface area contributed by atoms with Crippen LogP contribution in [0, 0.1) is 28.6 Å². The van der Waals surface area contributed by atoms with Crippen LogP contribution >= 0.6 is 0 Å². The van der Waals surface area contributed by atoms with Crippen molar-refractivity contribution in [3.8, 4) is 0 Å². The molecule has 0 aromatic rings. The molecule has 4 aliphatic rings. The van der Waals surface area contributed by atoms with Gasteiger partial charge in [-0.3, -0.25) is 4.79 Å². The van der Waals surface area contributed by atoms with Crippen molar-refractivity contribution in [2.24, 2.45) is 28.6 Å². The number of carbonyl (C=O) groups is 1. The Morgan fingerprint density at radius 3 is 2.65 bits per heavy atom. The lowest BCUT2D eigenvalue weighted by Crippen LogP contribution is -2.50. The summed E-state index contributed by atoms with van der Waals surface area (Å²) >= 11 is 0. The van der Waals surface area contributed by atoms with E-state index < -0.39 is 0 Å². The number of hydrogen-bond donors (Lipinski definition) is 0. The van der Waals surface area contributed by atoms with Crippen LogP contribution in [0.2, 0.25) is 0 Å². The van der Waals surface area contributed by atoms with Crippen LogP contribution in [-0.2, 0) is 9.53 Å². The van der Waals surface area contributed by atoms with Gasteiger partial charge in [-0.25, -0.2) is 0 Å². The van der Waals surface area contributed by atoms with Crippen LogP contribution in [-0.4, -0.2) is 18.5 Å². The van der Waals surface area contributed by atoms with Crippen molar-refractivity contribution in [3.63, 3.8) is 0 Å². The topological polar surface area (TPSA) is 26.3 Å². The fraction of sp³-hybridized carbons (Fsp3) is 0.857. The van der Waals surface area contributed by atoms with Crippen molar-refractivity contribution in [1.29, 1.82) is 0 Å². The second-order valence-corrected chi connectivity index (χ2v) is 9.00. The number of ketones is 1. The highest BCUT2D eigenvalue weighted by atomic mass is 16.5. The molecule has 3 fully saturated rings. The first-order valence-corrected chi connectivity index (χ1v) is 9.83. The minimum absolute atomic E-state index is 0.00535. The van der Waals surface area contributed by atoms with E-state index >= 15 is 0 Å². The van der Waals surface area contributed by atoms with E-state index in [1.54, 1.807) is 5.57 Å². The summed E-state index contributed by atoms with van der Waals surface area (Å²) in [4.78, 5) is 12.5. The molecule has 6 unspecified atom stereocenters. The highest BCUT2D eigenvalue weighted by molar-refractivity contribution is 5.87. The standard InChI is InChI=1S/C21H32O2/c1-4-23-15-9-11-20(2)14(13-15)5-6-16-17-7-8-19(22)21(17,3)12-10-18(16)20/h5,15-18H,4,6-13H2,1-3H3. The number of carbonyl (C=O) groups excluding carboxylic acids is 1. The fourth-order valence-corrected chi connectivity index (χ4v) is 6.78. The molecule has 0 aromatic heterocycles. The monoisotopic (exact) mass is 316 g/mol. The summed E-state index contributed by atoms with van der Waals surface area (Å²) in [5, 5.41) is 0. The summed E-state index contributed by atoms with van der Waals surface area (Å²) < 4.78 is 5.93. The maximum Gasteiger partial charge on any atom is 0.139 e. The molecule has 0 saturated heterocycles. The number of ether oxygens (including phenoxy) is 1. The quantitative estimate of drug-likeness (QED) is 0.676. The zero-order valence-corrected chi connectivity index (χ0v) is 15.1. The molecule has 4 aliphatic carbocycles. The molecule has 0 heterocycles. The molecule has 0 aromatic carbocycles. The molecule has 2 nitrogen and oxygen atoms in total. The second kappa shape index (κ2) is 5.44. The van der Waals surface area contributed by atoms with Crippen LogP contribution in [0.4, 0.5) is 0 Å². The van der Waals surface area contributed by atoms with E-state index in [2.05, 4.69) is 26.8 Å². The maximum atomic E-state index is 12.5. The molecule has 4 rings (SSSR count). The summed E-state index contributed by atoms with van der Waals surface area (Å²) in [7, 11) is 0. The average molecular weight is 316 g/mol. The van der Waals surface area contributed by atoms with Gasteiger partial charge in [0.05, 0.1) is 6.10 Å². The fourth-order valence-electron chi connectivity index (χ4n) is 6.78. The molecular weight excluding hydrogens is 284 g/mol. The third-order valence-corrected chi connectivity index (χ3v) is 8.17. The Kier molecular flexibility index (Phi) is 3.75. The van der Waals surface area contributed by atoms with Gasteiger partial charge in [0.2, 0.25) is 0 Å². The predicted octanol–water partition coefficient (Wildman–Crippen LogP) is 4.92. The van der Waals surface area contributed by atoms with Gasteiger partial charge < -0.3 is 4.74 Å². The SMILES string of the molecule is CCOC1CCC2(C)C(=CCC3C4CCC(=O)C4(C)CCC32)C1. The summed E-state index contributed by atoms with van der Waals surface area (Å²) in [5.41, 5.74) is 2.06. The van der Waals surface area contributed by atoms with Gasteiger partial charge in [0, 0.05) is 18.4 Å². The molecule has 3 saturated carbocycles. The van der Waals surface area contributed by atoms with Crippen molar-refractivity contribution in [1.82, 2.24) is 0 Å². The Morgan fingerprint density at radius 2 is 1.87 bits per heavy atom. The number of Topliss-reactive ketones (excluding diaryl/α,β-unsaturated/α-hetero) is 1. The van der Waals surface area contributed by atoms with Crippen LogP contribution in [0.25, 0.3) is 0 Å². The first-order valence-electron chi connectivity index (χ1n) is 9.83. The smallest absolute Gasteiger partial charge is 0.139 e. The number of allylic oxidation sites excluding steroid dienone is 1. The van der Waals surface area contributed by atoms with Gasteiger partial charge in [-0.2, -0.15) is 0 Å². The predicted molar refractivity (Wildman–Crippen MR) is 92.1 cm³/mol. The largest absolute Gasteiger partial charge is 0.378 e. The number of fused-ring (bicyclic) bond motifs is 5. The lowest BCUT2D eigenvalue weighted by atomic mass is 9.48. The van der Waals surface area contributed by atoms with Crippen LogP contribution < -0.4 is 0 Å². The average Bonchev–Trinajstić information content (AvgIpc) is 2.84. The Bertz CT molecular complexity index is 536. The van der Waals surface area contributed by atoms with Crippen LogP contribution in [0.15, 0.2) is 11.6 Å². The minimum atomic E-state index is 0.00535. The molecule has 128 valence electrons. The molecule has 0 amide bonds. The van der Waals surface area contributed by atoms with E-state index in [0.717, 1.165) is 44.1 Å². The molecule has 0 aliphatic heterocycles. The molecule has 0 spiro atoms. The second-order valence-electron chi connectivity index (χ2n) is 9.00. The lowest BCUT2D eigenvalue weighted by molar-refractivity contribution is -0.132. The molecular formula is C21H32O2. The number of hydrogen-bond acceptors (Lipinski definition) is 2. The van der Waals surface area contributed by atoms with Gasteiger partial charge >= 0.3 is 0 Å². The minimum Gasteiger partial charge on any atom is -0.378 e. The van der Waals surface area contributed by atoms with Gasteiger partial charge in [0.1, 0.15) is 5.78 Å². The molecule has 6 atom stereocenters. The first-order chi connectivity index (χ1) is 11.0. The molecule has 0 radical (unpaired) electrons. The van der Waals surface area contributed by atoms with Crippen LogP contribution in [0.3, 0.4) is 0 Å². The van der Waals surface area contributed by atoms with E-state index in [0.29, 0.717) is 23.2 Å². The van der Waals surface area contributed by atoms with E-state index in [9.17, 15) is 4.79 Å². The van der Waals surface area contributed by atoms with Crippen LogP contribution in [0.1, 0.15) is 72.1 Å². The van der Waals surface area contributed by atoms with Gasteiger partial charge in [0.25, 0.3) is 0 Å². The molecule has 2 heteroatoms. The Morgan fingerprint density at radius 1 is 1.13 bits per heavy atom. The lowest BCUT2D eigenvalue weighted by Gasteiger charge is -2.57. The van der Waals surface area contributed by atoms with Crippen molar-refractivity contribution in [3.05, 3.63) is 11.6 Å². The van der Waals surface area contributed by atoms with Gasteiger partial charge in [0.15, 0.2) is 0 Å². The molecule has 0 N–H and O–H groups in total. The molecule has 0 bridgehead atoms. The summed E-state index contributed by atoms with van der Waals surface area (Å²) in [6.07, 6.45) is 12.2. The van der Waals surface area contributed by atoms with E-state index in [1.165, 1.54) is 25.7 Å². The molecule has 23 heavy (non-hydrogen) atoms. The van der Waals surface area contributed by atoms with Gasteiger partial charge in [-0.1, -0.05) is 25.5 Å². The Labute approximate surface area is 141 Å². The van der Waals surface area contributed by atoms with Crippen LogP contribution in [0.5, 0.6) is 0 Å². The summed E-state index contributed by atoms with van der Waals surface area (Å²) in [6.45, 7) is 7.75. The highest BCUT2D eigenvalue weighted by Gasteiger charge is 2.58. The zero-order valence-electron chi connectivity index (χ0n) is 15.1. The third kappa shape index (κ3) is 2.20. The van der Waals surface area contributed by atoms with E-state index in [-0.39, 0.29) is 5.41 Å². The van der Waals surface area contributed by atoms with Crippen molar-refractivity contribution in [2.75, 3.05) is 6.61 Å². The normalized spacial score (nSPS) is 49.2. The summed E-state index contributed by atoms with van der Waals surface area (Å²) in [5.74, 6) is 2.75. The summed E-state index contributed by atoms with van der Waals surface area (Å²) in [6, 6.07) is 0. The Hall–Kier alpha value is -0.630. The maximum absolute atomic E-state index is 12.5. The van der Waals surface area contributed by atoms with Gasteiger partial charge in [-0.15, -0.1) is 0 Å². The van der Waals surface area contributed by atoms with Gasteiger partial charge in [-0.05, 0) is 75.0 Å². The Balaban J connectivity index is 1.61. The van der Waals surface area contributed by atoms with Crippen molar-refractivity contribution >= 4 is 5.78 Å². The highest BCUT2D eigenvalue weighted by Crippen LogP contribution is 2.64. The number of rotatable bonds is 2. The van der Waals surface area contributed by atoms with E-state index in [4.69, 9.17) is 4.74 Å². The van der Waals surface area contributed by atoms with Crippen molar-refractivity contribution in [2.45, 2.75) is 78.2 Å². The van der Waals surface area contributed by atoms with E-state index in [1.807, 2.05) is 0 Å². The zero-order chi connectivity index (χ0) is 16.2. The van der Waals surface area contributed by atoms with Crippen molar-refractivity contribution < 1.29 is 9.53 Å².